The predicted molar refractivity (Wildman–Crippen MR) is 47.6 cm³/mol. The lowest BCUT2D eigenvalue weighted by molar-refractivity contribution is 0.415. The molecule has 12 heavy (non-hydrogen) atoms. The second-order valence-corrected chi connectivity index (χ2v) is 2.24. The van der Waals surface area contributed by atoms with Crippen LogP contribution in [0.5, 0.6) is 5.75 Å². The van der Waals surface area contributed by atoms with Gasteiger partial charge in [0.05, 0.1) is 13.2 Å². The molecule has 1 rings (SSSR count). The van der Waals surface area contributed by atoms with Gasteiger partial charge in [0.15, 0.2) is 0 Å². The van der Waals surface area contributed by atoms with Gasteiger partial charge in [0, 0.05) is 6.08 Å². The van der Waals surface area contributed by atoms with Crippen LogP contribution in [0.3, 0.4) is 0 Å². The van der Waals surface area contributed by atoms with Gasteiger partial charge in [-0.25, -0.2) is 0 Å². The fourth-order valence-electron chi connectivity index (χ4n) is 0.849. The molecule has 2 heteroatoms. The van der Waals surface area contributed by atoms with E-state index in [2.05, 4.69) is 0 Å². The summed E-state index contributed by atoms with van der Waals surface area (Å²) in [6.07, 6.45) is 3.20. The van der Waals surface area contributed by atoms with Gasteiger partial charge in [-0.3, -0.25) is 0 Å². The maximum absolute atomic E-state index is 8.27. The summed E-state index contributed by atoms with van der Waals surface area (Å²) in [6.45, 7) is 0. The molecule has 0 aliphatic carbocycles. The van der Waals surface area contributed by atoms with E-state index >= 15 is 0 Å². The molecule has 0 saturated carbocycles. The third-order valence-electron chi connectivity index (χ3n) is 1.47. The van der Waals surface area contributed by atoms with Crippen LogP contribution in [0, 0.1) is 11.3 Å². The van der Waals surface area contributed by atoms with E-state index in [1.807, 2.05) is 30.3 Å². The van der Waals surface area contributed by atoms with Crippen LogP contribution in [0.15, 0.2) is 30.3 Å². The first kappa shape index (κ1) is 8.35. The number of benzene rings is 1. The summed E-state index contributed by atoms with van der Waals surface area (Å²) >= 11 is 0. The summed E-state index contributed by atoms with van der Waals surface area (Å²) in [5.74, 6) is 0.823. The monoisotopic (exact) mass is 159 g/mol. The van der Waals surface area contributed by atoms with Gasteiger partial charge in [-0.1, -0.05) is 12.1 Å². The third-order valence-corrected chi connectivity index (χ3v) is 1.47. The predicted octanol–water partition coefficient (Wildman–Crippen LogP) is 2.23. The zero-order valence-corrected chi connectivity index (χ0v) is 6.82. The number of rotatable bonds is 2. The molecule has 0 heterocycles. The van der Waals surface area contributed by atoms with Gasteiger partial charge in [-0.05, 0) is 23.8 Å². The topological polar surface area (TPSA) is 33.0 Å². The van der Waals surface area contributed by atoms with Crippen LogP contribution >= 0.6 is 0 Å². The van der Waals surface area contributed by atoms with Crippen LogP contribution in [-0.2, 0) is 0 Å². The molecule has 1 aromatic carbocycles. The molecule has 0 aliphatic rings. The standard InChI is InChI=1S/C10H9NO/c1-12-10-6-4-9(5-7-10)3-2-8-11/h2-7H,1H3/b3-2+. The Kier molecular flexibility index (Phi) is 2.92. The van der Waals surface area contributed by atoms with Crippen LogP contribution in [0.1, 0.15) is 5.56 Å². The van der Waals surface area contributed by atoms with Crippen molar-refractivity contribution in [1.82, 2.24) is 0 Å². The lowest BCUT2D eigenvalue weighted by atomic mass is 10.2. The number of ether oxygens (including phenoxy) is 1. The maximum atomic E-state index is 8.27. The first-order valence-electron chi connectivity index (χ1n) is 3.57. The molecule has 0 radical (unpaired) electrons. The fourth-order valence-corrected chi connectivity index (χ4v) is 0.849. The molecule has 0 aromatic heterocycles. The molecule has 2 nitrogen and oxygen atoms in total. The summed E-state index contributed by atoms with van der Waals surface area (Å²) in [7, 11) is 1.63. The average molecular weight is 159 g/mol. The van der Waals surface area contributed by atoms with Gasteiger partial charge in [0.25, 0.3) is 0 Å². The molecule has 0 unspecified atom stereocenters. The fraction of sp³-hybridized carbons (Fsp3) is 0.100. The molecule has 0 bridgehead atoms. The molecule has 0 amide bonds. The Hall–Kier alpha value is -1.75. The van der Waals surface area contributed by atoms with Crippen LogP contribution in [0.2, 0.25) is 0 Å². The number of nitriles is 1. The molecule has 0 aliphatic heterocycles. The molecule has 0 N–H and O–H groups in total. The first-order chi connectivity index (χ1) is 5.86. The van der Waals surface area contributed by atoms with E-state index in [9.17, 15) is 0 Å². The number of methoxy groups -OCH3 is 1. The van der Waals surface area contributed by atoms with Crippen molar-refractivity contribution in [2.45, 2.75) is 0 Å². The smallest absolute Gasteiger partial charge is 0.118 e. The Morgan fingerprint density at radius 2 is 2.00 bits per heavy atom. The van der Waals surface area contributed by atoms with Gasteiger partial charge in [0.1, 0.15) is 5.75 Å². The number of hydrogen-bond donors (Lipinski definition) is 0. The Balaban J connectivity index is 2.79. The zero-order valence-electron chi connectivity index (χ0n) is 6.82. The van der Waals surface area contributed by atoms with Crippen molar-refractivity contribution in [3.05, 3.63) is 35.9 Å². The van der Waals surface area contributed by atoms with Gasteiger partial charge < -0.3 is 4.74 Å². The summed E-state index contributed by atoms with van der Waals surface area (Å²) in [4.78, 5) is 0. The maximum Gasteiger partial charge on any atom is 0.118 e. The number of allylic oxidation sites excluding steroid dienone is 1. The van der Waals surface area contributed by atoms with E-state index in [1.54, 1.807) is 13.2 Å². The Morgan fingerprint density at radius 3 is 2.50 bits per heavy atom. The van der Waals surface area contributed by atoms with Crippen LogP contribution in [0.25, 0.3) is 6.08 Å². The van der Waals surface area contributed by atoms with Gasteiger partial charge >= 0.3 is 0 Å². The van der Waals surface area contributed by atoms with Crippen molar-refractivity contribution >= 4 is 6.08 Å². The van der Waals surface area contributed by atoms with E-state index in [0.29, 0.717) is 0 Å². The molecule has 1 aromatic rings. The minimum absolute atomic E-state index is 0.823. The Labute approximate surface area is 71.7 Å². The number of hydrogen-bond acceptors (Lipinski definition) is 2. The van der Waals surface area contributed by atoms with Crippen LogP contribution < -0.4 is 4.74 Å². The van der Waals surface area contributed by atoms with Crippen molar-refractivity contribution in [3.8, 4) is 11.8 Å². The average Bonchev–Trinajstić information content (AvgIpc) is 2.15. The molecular formula is C10H9NO. The lowest BCUT2D eigenvalue weighted by Crippen LogP contribution is -1.81. The lowest BCUT2D eigenvalue weighted by Gasteiger charge is -1.97. The zero-order chi connectivity index (χ0) is 8.81. The van der Waals surface area contributed by atoms with E-state index in [4.69, 9.17) is 10.00 Å². The van der Waals surface area contributed by atoms with Crippen molar-refractivity contribution in [3.63, 3.8) is 0 Å². The molecule has 0 saturated heterocycles. The Bertz CT molecular complexity index is 306. The van der Waals surface area contributed by atoms with E-state index < -0.39 is 0 Å². The summed E-state index contributed by atoms with van der Waals surface area (Å²) in [5, 5.41) is 8.27. The largest absolute Gasteiger partial charge is 0.497 e. The minimum atomic E-state index is 0.823. The number of nitrogens with zero attached hydrogens (tertiary/aromatic N) is 1. The molecular weight excluding hydrogens is 150 g/mol. The highest BCUT2D eigenvalue weighted by molar-refractivity contribution is 5.52. The van der Waals surface area contributed by atoms with Gasteiger partial charge in [-0.15, -0.1) is 0 Å². The summed E-state index contributed by atoms with van der Waals surface area (Å²) in [5.41, 5.74) is 0.998. The van der Waals surface area contributed by atoms with E-state index in [-0.39, 0.29) is 0 Å². The van der Waals surface area contributed by atoms with Gasteiger partial charge in [0.2, 0.25) is 0 Å². The Morgan fingerprint density at radius 1 is 1.33 bits per heavy atom. The van der Waals surface area contributed by atoms with Crippen LogP contribution in [0.4, 0.5) is 0 Å². The summed E-state index contributed by atoms with van der Waals surface area (Å²) in [6, 6.07) is 9.44. The normalized spacial score (nSPS) is 9.67. The molecule has 0 fully saturated rings. The second-order valence-electron chi connectivity index (χ2n) is 2.24. The summed E-state index contributed by atoms with van der Waals surface area (Å²) < 4.78 is 4.98. The first-order valence-corrected chi connectivity index (χ1v) is 3.57. The molecule has 0 atom stereocenters. The molecule has 60 valence electrons. The SMILES string of the molecule is COc1ccc(/C=C/C#N)cc1. The van der Waals surface area contributed by atoms with Crippen LogP contribution in [-0.4, -0.2) is 7.11 Å². The quantitative estimate of drug-likeness (QED) is 0.620. The minimum Gasteiger partial charge on any atom is -0.497 e. The van der Waals surface area contributed by atoms with Crippen molar-refractivity contribution < 1.29 is 4.74 Å². The van der Waals surface area contributed by atoms with Crippen molar-refractivity contribution in [1.29, 1.82) is 5.26 Å². The third kappa shape index (κ3) is 2.14. The van der Waals surface area contributed by atoms with Gasteiger partial charge in [-0.2, -0.15) is 5.26 Å². The molecule has 0 spiro atoms. The van der Waals surface area contributed by atoms with Crippen molar-refractivity contribution in [2.24, 2.45) is 0 Å². The second kappa shape index (κ2) is 4.20. The highest BCUT2D eigenvalue weighted by atomic mass is 16.5. The van der Waals surface area contributed by atoms with Crippen molar-refractivity contribution in [2.75, 3.05) is 7.11 Å². The van der Waals surface area contributed by atoms with E-state index in [0.717, 1.165) is 11.3 Å². The van der Waals surface area contributed by atoms with E-state index in [1.165, 1.54) is 6.08 Å². The highest BCUT2D eigenvalue weighted by Gasteiger charge is 1.88. The highest BCUT2D eigenvalue weighted by Crippen LogP contribution is 2.11.